The summed E-state index contributed by atoms with van der Waals surface area (Å²) in [5, 5.41) is 8.08. The zero-order chi connectivity index (χ0) is 16.8. The van der Waals surface area contributed by atoms with Crippen molar-refractivity contribution < 1.29 is 9.42 Å². The van der Waals surface area contributed by atoms with Crippen LogP contribution in [0, 0.1) is 0 Å². The fourth-order valence-corrected chi connectivity index (χ4v) is 3.37. The number of benzene rings is 2. The molecule has 0 bridgehead atoms. The Morgan fingerprint density at radius 3 is 2.52 bits per heavy atom. The highest BCUT2D eigenvalue weighted by molar-refractivity contribution is 5.97. The fraction of sp³-hybridized carbons (Fsp3) is 0.316. The summed E-state index contributed by atoms with van der Waals surface area (Å²) in [4.78, 5) is 16.7. The van der Waals surface area contributed by atoms with Crippen LogP contribution in [0.25, 0.3) is 22.2 Å². The standard InChI is InChI=1S/C19H18N4O2/c24-19(23-8-3-9-23)14-5-1-4-13(10-14)15-11-16-18(21-25-20-16)17(12-15)22-6-2-7-22/h1,4-5,10-12H,2-3,6-9H2. The molecule has 6 heteroatoms. The molecule has 2 aliphatic heterocycles. The average molecular weight is 334 g/mol. The van der Waals surface area contributed by atoms with Gasteiger partial charge in [-0.05, 0) is 58.5 Å². The number of anilines is 1. The van der Waals surface area contributed by atoms with Crippen molar-refractivity contribution in [2.75, 3.05) is 31.1 Å². The summed E-state index contributed by atoms with van der Waals surface area (Å²) in [7, 11) is 0. The second-order valence-corrected chi connectivity index (χ2v) is 6.69. The Labute approximate surface area is 145 Å². The summed E-state index contributed by atoms with van der Waals surface area (Å²) in [6.45, 7) is 3.77. The van der Waals surface area contributed by atoms with Crippen LogP contribution in [0.3, 0.4) is 0 Å². The van der Waals surface area contributed by atoms with E-state index in [4.69, 9.17) is 4.63 Å². The summed E-state index contributed by atoms with van der Waals surface area (Å²) in [6, 6.07) is 11.9. The number of amides is 1. The van der Waals surface area contributed by atoms with Crippen molar-refractivity contribution in [3.8, 4) is 11.1 Å². The van der Waals surface area contributed by atoms with Crippen molar-refractivity contribution in [1.82, 2.24) is 15.2 Å². The summed E-state index contributed by atoms with van der Waals surface area (Å²) in [5.74, 6) is 0.111. The second kappa shape index (κ2) is 5.58. The molecule has 0 saturated carbocycles. The van der Waals surface area contributed by atoms with Crippen LogP contribution in [0.4, 0.5) is 5.69 Å². The largest absolute Gasteiger partial charge is 0.369 e. The summed E-state index contributed by atoms with van der Waals surface area (Å²) in [6.07, 6.45) is 2.29. The molecule has 1 amide bonds. The molecule has 0 spiro atoms. The van der Waals surface area contributed by atoms with Crippen molar-refractivity contribution in [1.29, 1.82) is 0 Å². The molecule has 126 valence electrons. The number of likely N-dealkylation sites (tertiary alicyclic amines) is 1. The number of rotatable bonds is 3. The van der Waals surface area contributed by atoms with Crippen LogP contribution in [0.1, 0.15) is 23.2 Å². The molecule has 0 atom stereocenters. The van der Waals surface area contributed by atoms with Gasteiger partial charge in [-0.3, -0.25) is 4.79 Å². The predicted octanol–water partition coefficient (Wildman–Crippen LogP) is 2.95. The van der Waals surface area contributed by atoms with E-state index in [1.807, 2.05) is 35.2 Å². The van der Waals surface area contributed by atoms with Crippen molar-refractivity contribution in [2.24, 2.45) is 0 Å². The Bertz CT molecular complexity index is 957. The molecule has 3 aromatic rings. The highest BCUT2D eigenvalue weighted by Crippen LogP contribution is 2.34. The third-order valence-corrected chi connectivity index (χ3v) is 5.12. The number of fused-ring (bicyclic) bond motifs is 1. The predicted molar refractivity (Wildman–Crippen MR) is 94.6 cm³/mol. The van der Waals surface area contributed by atoms with Crippen molar-refractivity contribution in [2.45, 2.75) is 12.8 Å². The first kappa shape index (κ1) is 14.5. The van der Waals surface area contributed by atoms with Gasteiger partial charge in [0.25, 0.3) is 5.91 Å². The Morgan fingerprint density at radius 2 is 1.80 bits per heavy atom. The lowest BCUT2D eigenvalue weighted by Crippen LogP contribution is -2.42. The topological polar surface area (TPSA) is 62.5 Å². The van der Waals surface area contributed by atoms with E-state index in [-0.39, 0.29) is 5.91 Å². The minimum atomic E-state index is 0.111. The normalized spacial score (nSPS) is 16.6. The van der Waals surface area contributed by atoms with Gasteiger partial charge in [0.15, 0.2) is 5.52 Å². The molecular weight excluding hydrogens is 316 g/mol. The van der Waals surface area contributed by atoms with Gasteiger partial charge in [-0.15, -0.1) is 0 Å². The van der Waals surface area contributed by atoms with Crippen LogP contribution in [0.2, 0.25) is 0 Å². The second-order valence-electron chi connectivity index (χ2n) is 6.69. The molecule has 1 aromatic heterocycles. The Kier molecular flexibility index (Phi) is 3.23. The molecule has 0 N–H and O–H groups in total. The highest BCUT2D eigenvalue weighted by Gasteiger charge is 2.23. The monoisotopic (exact) mass is 334 g/mol. The maximum absolute atomic E-state index is 12.5. The number of aromatic nitrogens is 2. The molecule has 2 aromatic carbocycles. The van der Waals surface area contributed by atoms with Gasteiger partial charge in [0.1, 0.15) is 5.52 Å². The van der Waals surface area contributed by atoms with E-state index in [0.29, 0.717) is 0 Å². The van der Waals surface area contributed by atoms with Crippen molar-refractivity contribution in [3.63, 3.8) is 0 Å². The van der Waals surface area contributed by atoms with Gasteiger partial charge in [0.05, 0.1) is 5.69 Å². The first-order chi connectivity index (χ1) is 12.3. The Morgan fingerprint density at radius 1 is 0.960 bits per heavy atom. The molecule has 2 saturated heterocycles. The summed E-state index contributed by atoms with van der Waals surface area (Å²) < 4.78 is 4.94. The summed E-state index contributed by atoms with van der Waals surface area (Å²) >= 11 is 0. The third-order valence-electron chi connectivity index (χ3n) is 5.12. The quantitative estimate of drug-likeness (QED) is 0.737. The lowest BCUT2D eigenvalue weighted by Gasteiger charge is -2.33. The minimum Gasteiger partial charge on any atom is -0.369 e. The van der Waals surface area contributed by atoms with Crippen LogP contribution in [-0.4, -0.2) is 47.3 Å². The van der Waals surface area contributed by atoms with E-state index in [2.05, 4.69) is 21.3 Å². The van der Waals surface area contributed by atoms with E-state index in [1.54, 1.807) is 0 Å². The first-order valence-corrected chi connectivity index (χ1v) is 8.70. The number of hydrogen-bond acceptors (Lipinski definition) is 5. The molecule has 6 nitrogen and oxygen atoms in total. The maximum Gasteiger partial charge on any atom is 0.253 e. The average Bonchev–Trinajstić information content (AvgIpc) is 3.00. The van der Waals surface area contributed by atoms with Crippen LogP contribution >= 0.6 is 0 Å². The van der Waals surface area contributed by atoms with Gasteiger partial charge in [-0.25, -0.2) is 4.63 Å². The van der Waals surface area contributed by atoms with E-state index in [1.165, 1.54) is 6.42 Å². The van der Waals surface area contributed by atoms with Gasteiger partial charge < -0.3 is 9.80 Å². The van der Waals surface area contributed by atoms with Crippen molar-refractivity contribution >= 4 is 22.6 Å². The molecule has 25 heavy (non-hydrogen) atoms. The van der Waals surface area contributed by atoms with Crippen LogP contribution in [-0.2, 0) is 0 Å². The van der Waals surface area contributed by atoms with Crippen molar-refractivity contribution in [3.05, 3.63) is 42.0 Å². The molecule has 0 aliphatic carbocycles. The van der Waals surface area contributed by atoms with Gasteiger partial charge >= 0.3 is 0 Å². The number of carbonyl (C=O) groups excluding carboxylic acids is 1. The molecule has 0 unspecified atom stereocenters. The zero-order valence-corrected chi connectivity index (χ0v) is 13.8. The van der Waals surface area contributed by atoms with Crippen LogP contribution < -0.4 is 4.90 Å². The number of hydrogen-bond donors (Lipinski definition) is 0. The summed E-state index contributed by atoms with van der Waals surface area (Å²) in [5.41, 5.74) is 5.39. The lowest BCUT2D eigenvalue weighted by atomic mass is 9.99. The van der Waals surface area contributed by atoms with Crippen LogP contribution in [0.15, 0.2) is 41.0 Å². The van der Waals surface area contributed by atoms with E-state index in [0.717, 1.165) is 66.0 Å². The Hall–Kier alpha value is -2.89. The molecule has 3 heterocycles. The van der Waals surface area contributed by atoms with Gasteiger partial charge in [-0.1, -0.05) is 12.1 Å². The smallest absolute Gasteiger partial charge is 0.253 e. The lowest BCUT2D eigenvalue weighted by molar-refractivity contribution is 0.0652. The van der Waals surface area contributed by atoms with Gasteiger partial charge in [0.2, 0.25) is 0 Å². The van der Waals surface area contributed by atoms with E-state index < -0.39 is 0 Å². The Balaban J connectivity index is 1.57. The SMILES string of the molecule is O=C(c1cccc(-c2cc(N3CCC3)c3nonc3c2)c1)N1CCC1. The number of nitrogens with zero attached hydrogens (tertiary/aromatic N) is 4. The van der Waals surface area contributed by atoms with Gasteiger partial charge in [-0.2, -0.15) is 0 Å². The van der Waals surface area contributed by atoms with Gasteiger partial charge in [0, 0.05) is 31.7 Å². The fourth-order valence-electron chi connectivity index (χ4n) is 3.37. The molecular formula is C19H18N4O2. The number of carbonyl (C=O) groups is 1. The zero-order valence-electron chi connectivity index (χ0n) is 13.8. The van der Waals surface area contributed by atoms with E-state index in [9.17, 15) is 4.79 Å². The molecule has 0 radical (unpaired) electrons. The maximum atomic E-state index is 12.5. The minimum absolute atomic E-state index is 0.111. The molecule has 5 rings (SSSR count). The first-order valence-electron chi connectivity index (χ1n) is 8.70. The third kappa shape index (κ3) is 2.36. The highest BCUT2D eigenvalue weighted by atomic mass is 16.6. The molecule has 2 fully saturated rings. The van der Waals surface area contributed by atoms with E-state index >= 15 is 0 Å². The molecule has 2 aliphatic rings. The van der Waals surface area contributed by atoms with Crippen LogP contribution in [0.5, 0.6) is 0 Å².